The van der Waals surface area contributed by atoms with Crippen LogP contribution in [-0.2, 0) is 55.1 Å². The van der Waals surface area contributed by atoms with E-state index in [0.29, 0.717) is 77.2 Å². The molecule has 0 radical (unpaired) electrons. The van der Waals surface area contributed by atoms with E-state index in [4.69, 9.17) is 43.2 Å². The maximum absolute atomic E-state index is 12.5. The zero-order valence-corrected chi connectivity index (χ0v) is 82.5. The van der Waals surface area contributed by atoms with Crippen LogP contribution in [0.2, 0.25) is 0 Å². The molecule has 11 heterocycles. The Morgan fingerprint density at radius 1 is 0.401 bits per heavy atom. The van der Waals surface area contributed by atoms with E-state index in [0.717, 1.165) is 206 Å². The summed E-state index contributed by atoms with van der Waals surface area (Å²) in [4.78, 5) is 62.9. The minimum absolute atomic E-state index is 0.212. The normalized spacial score (nSPS) is 12.7. The number of rotatable bonds is 36. The zero-order chi connectivity index (χ0) is 97.8. The van der Waals surface area contributed by atoms with Gasteiger partial charge in [-0.2, -0.15) is 25.0 Å². The van der Waals surface area contributed by atoms with Gasteiger partial charge in [0.05, 0.1) is 62.8 Å². The van der Waals surface area contributed by atoms with Crippen LogP contribution in [0.15, 0.2) is 255 Å². The lowest BCUT2D eigenvalue weighted by atomic mass is 10.2. The molecular formula is C104H103N27O6S5. The number of nitrogens with one attached hydrogen (secondary N) is 9. The number of anilines is 16. The van der Waals surface area contributed by atoms with Crippen LogP contribution in [0.4, 0.5) is 89.3 Å². The van der Waals surface area contributed by atoms with Crippen LogP contribution >= 0.6 is 45.3 Å². The second-order valence-electron chi connectivity index (χ2n) is 33.0. The van der Waals surface area contributed by atoms with E-state index < -0.39 is 10.0 Å². The molecule has 33 nitrogen and oxygen atoms in total. The topological polar surface area (TPSA) is 365 Å². The Morgan fingerprint density at radius 2 is 0.768 bits per heavy atom. The Hall–Kier alpha value is -15.0. The molecule has 0 spiro atoms. The van der Waals surface area contributed by atoms with E-state index in [-0.39, 0.29) is 4.90 Å². The van der Waals surface area contributed by atoms with Crippen molar-refractivity contribution in [3.63, 3.8) is 0 Å². The molecule has 2 saturated heterocycles. The first kappa shape index (κ1) is 98.6. The monoisotopic (exact) mass is 1990 g/mol. The van der Waals surface area contributed by atoms with E-state index in [1.807, 2.05) is 127 Å². The summed E-state index contributed by atoms with van der Waals surface area (Å²) in [7, 11) is 3.79. The Labute approximate surface area is 838 Å². The highest BCUT2D eigenvalue weighted by Crippen LogP contribution is 2.39. The van der Waals surface area contributed by atoms with Gasteiger partial charge < -0.3 is 66.4 Å². The molecule has 720 valence electrons. The van der Waals surface area contributed by atoms with Crippen LogP contribution in [0.3, 0.4) is 0 Å². The number of fused-ring (bicyclic) bond motifs is 5. The lowest BCUT2D eigenvalue weighted by Gasteiger charge is -2.26. The molecule has 2 aliphatic heterocycles. The van der Waals surface area contributed by atoms with E-state index in [9.17, 15) is 8.42 Å². The van der Waals surface area contributed by atoms with Crippen LogP contribution in [0.25, 0.3) is 52.3 Å². The van der Waals surface area contributed by atoms with E-state index >= 15 is 0 Å². The number of nitrogens with zero attached hydrogens (tertiary/aromatic N) is 18. The van der Waals surface area contributed by atoms with Crippen molar-refractivity contribution >= 4 is 197 Å². The van der Waals surface area contributed by atoms with Gasteiger partial charge in [-0.15, -0.1) is 19.3 Å². The number of hydrogen-bond donors (Lipinski definition) is 9. The third kappa shape index (κ3) is 27.4. The molecule has 20 rings (SSSR count). The molecule has 0 unspecified atom stereocenters. The largest absolute Gasteiger partial charge is 0.383 e. The molecule has 0 aliphatic carbocycles. The molecule has 9 aromatic heterocycles. The van der Waals surface area contributed by atoms with Crippen molar-refractivity contribution in [3.8, 4) is 37.0 Å². The number of morpholine rings is 2. The lowest BCUT2D eigenvalue weighted by Crippen LogP contribution is -2.35. The molecular weight excluding hydrogens is 1880 g/mol. The maximum atomic E-state index is 12.5. The second-order valence-corrected chi connectivity index (χ2v) is 38.8. The molecule has 0 saturated carbocycles. The van der Waals surface area contributed by atoms with Gasteiger partial charge in [0.2, 0.25) is 10.0 Å². The van der Waals surface area contributed by atoms with Crippen molar-refractivity contribution in [2.24, 2.45) is 0 Å². The highest BCUT2D eigenvalue weighted by Gasteiger charge is 2.22. The average Bonchev–Trinajstić information content (AvgIpc) is 1.67. The average molecular weight is 1990 g/mol. The molecule has 9 aromatic carbocycles. The number of sulfonamides is 1. The molecule has 2 aliphatic rings. The van der Waals surface area contributed by atoms with Gasteiger partial charge in [-0.1, -0.05) is 148 Å². The first-order valence-corrected chi connectivity index (χ1v) is 50.4. The number of methoxy groups -OCH3 is 2. The smallest absolute Gasteiger partial charge is 0.240 e. The van der Waals surface area contributed by atoms with Crippen molar-refractivity contribution in [2.75, 3.05) is 163 Å². The molecule has 0 amide bonds. The minimum Gasteiger partial charge on any atom is -0.383 e. The second kappa shape index (κ2) is 48.7. The molecule has 9 N–H and O–H groups in total. The number of benzene rings is 9. The molecule has 0 bridgehead atoms. The van der Waals surface area contributed by atoms with Crippen molar-refractivity contribution in [1.82, 2.24) is 93.9 Å². The van der Waals surface area contributed by atoms with Crippen LogP contribution in [0.1, 0.15) is 45.4 Å². The number of thiazole rings is 4. The van der Waals surface area contributed by atoms with Gasteiger partial charge in [0.1, 0.15) is 44.1 Å². The summed E-state index contributed by atoms with van der Waals surface area (Å²) >= 11 is 5.92. The summed E-state index contributed by atoms with van der Waals surface area (Å²) in [5.74, 6) is 10.7. The fraction of sp³-hybridized carbons (Fsp3) is 0.221. The SMILES string of the molecule is C#Cc1cccc(Nc2ncnc3nc(Nc4ccc(CN(CCOC)CCOC)cc4)sc23)c1.C#Cc1cccc(Nc2ncnc3nc(Nc4ccc(CN5CCOCC5)cc4)sc23)c1.C#Cc1cccc(Nc2ncnc3nc(Nc4ccc(S(=O)(=O)NCCCN(C)C)cc4)sc23)c1.c1ccc(Cn2ncc3ccc(Nc4ncnc5nc(Nc6ccc(CN7CCOCC7)cc6)sc45)cc32)cc1. The quantitative estimate of drug-likeness (QED) is 0.0130. The van der Waals surface area contributed by atoms with Crippen LogP contribution < -0.4 is 47.3 Å². The van der Waals surface area contributed by atoms with Crippen molar-refractivity contribution in [3.05, 3.63) is 289 Å². The molecule has 142 heavy (non-hydrogen) atoms. The van der Waals surface area contributed by atoms with E-state index in [1.165, 1.54) is 86.6 Å². The van der Waals surface area contributed by atoms with Gasteiger partial charge >= 0.3 is 0 Å². The van der Waals surface area contributed by atoms with Gasteiger partial charge in [0.25, 0.3) is 0 Å². The minimum atomic E-state index is -3.56. The van der Waals surface area contributed by atoms with Crippen LogP contribution in [0.5, 0.6) is 0 Å². The van der Waals surface area contributed by atoms with Crippen molar-refractivity contribution < 1.29 is 27.4 Å². The predicted molar refractivity (Wildman–Crippen MR) is 571 cm³/mol. The van der Waals surface area contributed by atoms with Gasteiger partial charge in [-0.3, -0.25) is 19.4 Å². The molecule has 18 aromatic rings. The zero-order valence-electron chi connectivity index (χ0n) is 78.4. The summed E-state index contributed by atoms with van der Waals surface area (Å²) in [5, 5.41) is 35.4. The summed E-state index contributed by atoms with van der Waals surface area (Å²) in [5.41, 5.74) is 18.0. The first-order valence-electron chi connectivity index (χ1n) is 45.7. The maximum Gasteiger partial charge on any atom is 0.240 e. The third-order valence-corrected chi connectivity index (χ3v) is 27.8. The summed E-state index contributed by atoms with van der Waals surface area (Å²) in [6.07, 6.45) is 25.2. The molecule has 0 atom stereocenters. The van der Waals surface area contributed by atoms with E-state index in [2.05, 4.69) is 237 Å². The van der Waals surface area contributed by atoms with Gasteiger partial charge in [-0.05, 0) is 183 Å². The third-order valence-electron chi connectivity index (χ3n) is 22.5. The van der Waals surface area contributed by atoms with E-state index in [1.54, 1.807) is 44.8 Å². The standard InChI is InChI=1S/C30H28N8OS.C26H28N6O2S.C24H25N7O2S2.C24H22N6OS/c1-2-4-21(5-3-1)19-38-26-16-25(11-8-23(26)17-33-38)34-28-27-29(32-20-31-28)36-30(40-27)35-24-9-6-22(7-10-24)18-37-12-14-39-15-13-37;1-4-19-6-5-7-22(16-19)29-24-23-25(28-18-27-24)31-26(35-23)30-21-10-8-20(9-11-21)17-32(12-14-33-2)13-15-34-3;1-4-17-7-5-8-19(15-17)28-22-21-23(26-16-25-22)30-24(34-21)29-18-9-11-20(12-10-18)35(32,33)27-13-6-14-31(2)3;1-2-17-4-3-5-20(14-17)27-22-21-23(26-16-25-22)29-24(32-21)28-19-8-6-18(7-9-19)15-30-10-12-31-13-11-30/h1-11,16-17,20H,12-15,18-19H2,(H2,31,32,34,35,36);1,5-11,16,18H,12-15,17H2,2-3H3,(H2,27,28,29,30,31);1,5,7-12,15-16,27H,6,13-14H2,2-3H3,(H2,25,26,28,29,30);1,3-9,14,16H,10-13,15H2,(H2,25,26,27,28,29). The Bertz CT molecular complexity index is 7500. The highest BCUT2D eigenvalue weighted by atomic mass is 32.2. The van der Waals surface area contributed by atoms with Crippen LogP contribution in [0, 0.1) is 37.0 Å². The Kier molecular flexibility index (Phi) is 33.8. The van der Waals surface area contributed by atoms with Gasteiger partial charge in [0, 0.05) is 147 Å². The number of aromatic nitrogens is 14. The highest BCUT2D eigenvalue weighted by molar-refractivity contribution is 7.89. The fourth-order valence-corrected chi connectivity index (χ4v) is 19.8. The number of terminal acetylenes is 3. The summed E-state index contributed by atoms with van der Waals surface area (Å²) in [6, 6.07) is 71.3. The lowest BCUT2D eigenvalue weighted by molar-refractivity contribution is 0.0341. The van der Waals surface area contributed by atoms with Gasteiger partial charge in [-0.25, -0.2) is 53.0 Å². The summed E-state index contributed by atoms with van der Waals surface area (Å²) < 4.78 is 54.4. The Morgan fingerprint density at radius 3 is 1.15 bits per heavy atom. The number of ether oxygens (including phenoxy) is 4. The molecule has 2 fully saturated rings. The molecule has 38 heteroatoms. The first-order chi connectivity index (χ1) is 69.5. The summed E-state index contributed by atoms with van der Waals surface area (Å²) in [6.45, 7) is 14.9. The number of hydrogen-bond acceptors (Lipinski definition) is 35. The Balaban J connectivity index is 0.000000131. The van der Waals surface area contributed by atoms with Crippen molar-refractivity contribution in [2.45, 2.75) is 37.5 Å². The predicted octanol–water partition coefficient (Wildman–Crippen LogP) is 18.6. The fourth-order valence-electron chi connectivity index (χ4n) is 15.2. The van der Waals surface area contributed by atoms with Crippen molar-refractivity contribution in [1.29, 1.82) is 0 Å². The van der Waals surface area contributed by atoms with Crippen LogP contribution in [-0.4, -0.2) is 218 Å². The van der Waals surface area contributed by atoms with Gasteiger partial charge in [0.15, 0.2) is 66.4 Å².